The monoisotopic (exact) mass is 504 g/mol. The van der Waals surface area contributed by atoms with Crippen LogP contribution in [-0.2, 0) is 6.54 Å². The summed E-state index contributed by atoms with van der Waals surface area (Å²) >= 11 is 8.23. The largest absolute Gasteiger partial charge is 0.331 e. The van der Waals surface area contributed by atoms with E-state index in [1.807, 2.05) is 55.3 Å². The third-order valence-electron chi connectivity index (χ3n) is 6.97. The summed E-state index contributed by atoms with van der Waals surface area (Å²) in [6, 6.07) is 16.9. The summed E-state index contributed by atoms with van der Waals surface area (Å²) in [4.78, 5) is 25.6. The molecule has 0 radical (unpaired) electrons. The third-order valence-corrected chi connectivity index (χ3v) is 8.63. The highest BCUT2D eigenvalue weighted by Crippen LogP contribution is 2.37. The van der Waals surface area contributed by atoms with E-state index in [9.17, 15) is 4.79 Å². The van der Waals surface area contributed by atoms with Crippen LogP contribution in [0.2, 0.25) is 5.02 Å². The molecule has 0 saturated heterocycles. The lowest BCUT2D eigenvalue weighted by atomic mass is 9.89. The number of benzene rings is 2. The van der Waals surface area contributed by atoms with E-state index >= 15 is 0 Å². The third kappa shape index (κ3) is 4.96. The number of aromatic nitrogens is 2. The molecule has 5 nitrogen and oxygen atoms in total. The number of rotatable bonds is 6. The van der Waals surface area contributed by atoms with Crippen molar-refractivity contribution < 1.29 is 4.79 Å². The van der Waals surface area contributed by atoms with E-state index in [-0.39, 0.29) is 11.9 Å². The molecule has 180 valence electrons. The van der Waals surface area contributed by atoms with Gasteiger partial charge in [-0.05, 0) is 57.4 Å². The first-order valence-electron chi connectivity index (χ1n) is 12.1. The SMILES string of the molecule is CNC1CCC(N(Cc2cccc(-c3nccnc3C)c2)C(=O)c2sc3ccccc3c2Cl)CC1. The van der Waals surface area contributed by atoms with Gasteiger partial charge in [-0.25, -0.2) is 0 Å². The summed E-state index contributed by atoms with van der Waals surface area (Å²) in [7, 11) is 2.02. The Kier molecular flexibility index (Phi) is 7.14. The summed E-state index contributed by atoms with van der Waals surface area (Å²) in [5, 5.41) is 4.91. The summed E-state index contributed by atoms with van der Waals surface area (Å²) in [6.45, 7) is 2.50. The quantitative estimate of drug-likeness (QED) is 0.326. The lowest BCUT2D eigenvalue weighted by Gasteiger charge is -2.37. The molecule has 1 aliphatic carbocycles. The van der Waals surface area contributed by atoms with Crippen LogP contribution in [0.25, 0.3) is 21.3 Å². The number of carbonyl (C=O) groups is 1. The van der Waals surface area contributed by atoms with Gasteiger partial charge in [-0.2, -0.15) is 0 Å². The highest BCUT2D eigenvalue weighted by atomic mass is 35.5. The van der Waals surface area contributed by atoms with Gasteiger partial charge in [0.15, 0.2) is 0 Å². The van der Waals surface area contributed by atoms with E-state index in [2.05, 4.69) is 27.4 Å². The zero-order valence-electron chi connectivity index (χ0n) is 20.0. The highest BCUT2D eigenvalue weighted by Gasteiger charge is 2.31. The number of thiophene rings is 1. The smallest absolute Gasteiger partial charge is 0.266 e. The standard InChI is InChI=1S/C28H29ClN4OS/c1-18-26(32-15-14-31-18)20-7-5-6-19(16-20)17-33(22-12-10-21(30-2)11-13-22)28(34)27-25(29)23-8-3-4-9-24(23)35-27/h3-9,14-16,21-22,30H,10-13,17H2,1-2H3. The van der Waals surface area contributed by atoms with Gasteiger partial charge in [0.1, 0.15) is 4.88 Å². The molecule has 0 atom stereocenters. The molecule has 7 heteroatoms. The average molecular weight is 505 g/mol. The van der Waals surface area contributed by atoms with Crippen LogP contribution in [0.15, 0.2) is 60.9 Å². The number of hydrogen-bond donors (Lipinski definition) is 1. The first kappa shape index (κ1) is 23.9. The molecular formula is C28H29ClN4OS. The average Bonchev–Trinajstić information content (AvgIpc) is 3.24. The Morgan fingerprint density at radius 1 is 1.09 bits per heavy atom. The Balaban J connectivity index is 1.48. The zero-order valence-corrected chi connectivity index (χ0v) is 21.6. The lowest BCUT2D eigenvalue weighted by molar-refractivity contribution is 0.0606. The fourth-order valence-corrected chi connectivity index (χ4v) is 6.50. The molecule has 35 heavy (non-hydrogen) atoms. The first-order chi connectivity index (χ1) is 17.0. The molecule has 0 spiro atoms. The molecule has 5 rings (SSSR count). The summed E-state index contributed by atoms with van der Waals surface area (Å²) in [5.41, 5.74) is 3.85. The molecule has 0 aliphatic heterocycles. The highest BCUT2D eigenvalue weighted by molar-refractivity contribution is 7.21. The molecule has 1 N–H and O–H groups in total. The summed E-state index contributed by atoms with van der Waals surface area (Å²) < 4.78 is 1.04. The van der Waals surface area contributed by atoms with Gasteiger partial charge in [0.05, 0.1) is 16.4 Å². The van der Waals surface area contributed by atoms with Gasteiger partial charge in [-0.3, -0.25) is 14.8 Å². The first-order valence-corrected chi connectivity index (χ1v) is 13.3. The predicted octanol–water partition coefficient (Wildman–Crippen LogP) is 6.49. The maximum atomic E-state index is 14.0. The van der Waals surface area contributed by atoms with Crippen molar-refractivity contribution in [3.8, 4) is 11.3 Å². The van der Waals surface area contributed by atoms with Crippen molar-refractivity contribution in [1.82, 2.24) is 20.2 Å². The van der Waals surface area contributed by atoms with Crippen molar-refractivity contribution in [2.45, 2.75) is 51.2 Å². The molecule has 2 heterocycles. The second-order valence-corrected chi connectivity index (χ2v) is 10.6. The number of amides is 1. The molecular weight excluding hydrogens is 476 g/mol. The molecule has 0 bridgehead atoms. The van der Waals surface area contributed by atoms with Crippen LogP contribution in [0, 0.1) is 6.92 Å². The van der Waals surface area contributed by atoms with Crippen LogP contribution >= 0.6 is 22.9 Å². The Morgan fingerprint density at radius 2 is 1.86 bits per heavy atom. The molecule has 0 unspecified atom stereocenters. The van der Waals surface area contributed by atoms with Gasteiger partial charge in [-0.15, -0.1) is 11.3 Å². The molecule has 2 aromatic heterocycles. The van der Waals surface area contributed by atoms with Gasteiger partial charge in [0.2, 0.25) is 0 Å². The second kappa shape index (κ2) is 10.4. The second-order valence-electron chi connectivity index (χ2n) is 9.16. The Hall–Kier alpha value is -2.80. The molecule has 4 aromatic rings. The molecule has 1 amide bonds. The number of nitrogens with one attached hydrogen (secondary N) is 1. The molecule has 2 aromatic carbocycles. The fraction of sp³-hybridized carbons (Fsp3) is 0.321. The van der Waals surface area contributed by atoms with E-state index in [1.165, 1.54) is 11.3 Å². The number of carbonyl (C=O) groups excluding carboxylic acids is 1. The van der Waals surface area contributed by atoms with Gasteiger partial charge < -0.3 is 10.2 Å². The van der Waals surface area contributed by atoms with Gasteiger partial charge in [0, 0.05) is 46.7 Å². The molecule has 1 saturated carbocycles. The summed E-state index contributed by atoms with van der Waals surface area (Å²) in [6.07, 6.45) is 7.49. The van der Waals surface area contributed by atoms with E-state index in [0.29, 0.717) is 22.5 Å². The molecule has 1 aliphatic rings. The van der Waals surface area contributed by atoms with E-state index in [1.54, 1.807) is 12.4 Å². The van der Waals surface area contributed by atoms with Crippen LogP contribution < -0.4 is 5.32 Å². The summed E-state index contributed by atoms with van der Waals surface area (Å²) in [5.74, 6) is 0.0187. The van der Waals surface area contributed by atoms with Crippen LogP contribution in [0.5, 0.6) is 0 Å². The minimum atomic E-state index is 0.0187. The van der Waals surface area contributed by atoms with Crippen molar-refractivity contribution in [2.24, 2.45) is 0 Å². The topological polar surface area (TPSA) is 58.1 Å². The van der Waals surface area contributed by atoms with E-state index in [4.69, 9.17) is 11.6 Å². The van der Waals surface area contributed by atoms with Crippen molar-refractivity contribution in [2.75, 3.05) is 7.05 Å². The number of nitrogens with zero attached hydrogens (tertiary/aromatic N) is 3. The minimum Gasteiger partial charge on any atom is -0.331 e. The Morgan fingerprint density at radius 3 is 2.60 bits per heavy atom. The maximum absolute atomic E-state index is 14.0. The van der Waals surface area contributed by atoms with Gasteiger partial charge in [-0.1, -0.05) is 48.0 Å². The number of aryl methyl sites for hydroxylation is 1. The number of fused-ring (bicyclic) bond motifs is 1. The van der Waals surface area contributed by atoms with Crippen molar-refractivity contribution in [1.29, 1.82) is 0 Å². The lowest BCUT2D eigenvalue weighted by Crippen LogP contribution is -2.44. The van der Waals surface area contributed by atoms with Crippen LogP contribution in [0.1, 0.15) is 46.6 Å². The van der Waals surface area contributed by atoms with Gasteiger partial charge >= 0.3 is 0 Å². The van der Waals surface area contributed by atoms with Crippen molar-refractivity contribution in [3.63, 3.8) is 0 Å². The van der Waals surface area contributed by atoms with Crippen LogP contribution in [-0.4, -0.2) is 39.9 Å². The van der Waals surface area contributed by atoms with E-state index < -0.39 is 0 Å². The normalized spacial score (nSPS) is 18.0. The van der Waals surface area contributed by atoms with Crippen molar-refractivity contribution in [3.05, 3.63) is 82.1 Å². The zero-order chi connectivity index (χ0) is 24.4. The van der Waals surface area contributed by atoms with Crippen LogP contribution in [0.3, 0.4) is 0 Å². The van der Waals surface area contributed by atoms with Crippen LogP contribution in [0.4, 0.5) is 0 Å². The van der Waals surface area contributed by atoms with E-state index in [0.717, 1.165) is 58.3 Å². The Bertz CT molecular complexity index is 1350. The van der Waals surface area contributed by atoms with Crippen molar-refractivity contribution >= 4 is 38.9 Å². The minimum absolute atomic E-state index is 0.0187. The maximum Gasteiger partial charge on any atom is 0.266 e. The number of hydrogen-bond acceptors (Lipinski definition) is 5. The van der Waals surface area contributed by atoms with Gasteiger partial charge in [0.25, 0.3) is 5.91 Å². The number of halogens is 1. The molecule has 1 fully saturated rings. The fourth-order valence-electron chi connectivity index (χ4n) is 5.03. The predicted molar refractivity (Wildman–Crippen MR) is 144 cm³/mol. The Labute approximate surface area is 215 Å².